The highest BCUT2D eigenvalue weighted by molar-refractivity contribution is 6.35. The molecule has 158 valence electrons. The predicted molar refractivity (Wildman–Crippen MR) is 121 cm³/mol. The molecular formula is C25H25N3O3. The maximum absolute atomic E-state index is 12.0. The third-order valence-electron chi connectivity index (χ3n) is 4.75. The van der Waals surface area contributed by atoms with E-state index in [4.69, 9.17) is 4.74 Å². The van der Waals surface area contributed by atoms with Gasteiger partial charge in [-0.15, -0.1) is 0 Å². The Morgan fingerprint density at radius 1 is 0.871 bits per heavy atom. The molecule has 2 amide bonds. The number of nitrogens with one attached hydrogen (secondary N) is 2. The van der Waals surface area contributed by atoms with Crippen LogP contribution in [-0.2, 0) is 22.7 Å². The Labute approximate surface area is 182 Å². The lowest BCUT2D eigenvalue weighted by molar-refractivity contribution is -0.139. The SMILES string of the molecule is CC(=NNC(=O)C(=O)NCc1ccccc1)c1ccc(OCc2ccccc2C)cc1. The van der Waals surface area contributed by atoms with Crippen LogP contribution in [0.25, 0.3) is 0 Å². The van der Waals surface area contributed by atoms with Gasteiger partial charge in [-0.1, -0.05) is 54.6 Å². The summed E-state index contributed by atoms with van der Waals surface area (Å²) >= 11 is 0. The summed E-state index contributed by atoms with van der Waals surface area (Å²) in [5.74, 6) is -0.807. The molecule has 2 N–H and O–H groups in total. The van der Waals surface area contributed by atoms with Crippen LogP contribution < -0.4 is 15.5 Å². The first kappa shape index (κ1) is 21.8. The molecule has 0 bridgehead atoms. The molecule has 0 radical (unpaired) electrons. The monoisotopic (exact) mass is 415 g/mol. The van der Waals surface area contributed by atoms with Crippen LogP contribution in [0.5, 0.6) is 5.75 Å². The second-order valence-electron chi connectivity index (χ2n) is 7.05. The number of benzene rings is 3. The summed E-state index contributed by atoms with van der Waals surface area (Å²) in [5, 5.41) is 6.59. The largest absolute Gasteiger partial charge is 0.489 e. The maximum atomic E-state index is 12.0. The highest BCUT2D eigenvalue weighted by atomic mass is 16.5. The quantitative estimate of drug-likeness (QED) is 0.351. The van der Waals surface area contributed by atoms with Gasteiger partial charge in [0.05, 0.1) is 5.71 Å². The summed E-state index contributed by atoms with van der Waals surface area (Å²) in [4.78, 5) is 23.9. The Balaban J connectivity index is 1.49. The van der Waals surface area contributed by atoms with E-state index in [2.05, 4.69) is 28.8 Å². The lowest BCUT2D eigenvalue weighted by Crippen LogP contribution is -2.37. The van der Waals surface area contributed by atoms with E-state index in [1.165, 1.54) is 5.56 Å². The van der Waals surface area contributed by atoms with Crippen LogP contribution in [0.3, 0.4) is 0 Å². The zero-order chi connectivity index (χ0) is 22.1. The number of carbonyl (C=O) groups is 2. The minimum absolute atomic E-state index is 0.278. The van der Waals surface area contributed by atoms with Crippen molar-refractivity contribution in [2.75, 3.05) is 0 Å². The summed E-state index contributed by atoms with van der Waals surface area (Å²) in [7, 11) is 0. The van der Waals surface area contributed by atoms with Crippen molar-refractivity contribution in [2.45, 2.75) is 27.0 Å². The van der Waals surface area contributed by atoms with E-state index in [1.807, 2.05) is 72.8 Å². The second kappa shape index (κ2) is 10.7. The zero-order valence-corrected chi connectivity index (χ0v) is 17.6. The van der Waals surface area contributed by atoms with Gasteiger partial charge in [0.15, 0.2) is 0 Å². The van der Waals surface area contributed by atoms with Gasteiger partial charge >= 0.3 is 11.8 Å². The molecule has 0 spiro atoms. The van der Waals surface area contributed by atoms with E-state index >= 15 is 0 Å². The molecule has 0 saturated heterocycles. The van der Waals surface area contributed by atoms with Crippen molar-refractivity contribution in [2.24, 2.45) is 5.10 Å². The normalized spacial score (nSPS) is 11.0. The van der Waals surface area contributed by atoms with Crippen LogP contribution in [0, 0.1) is 6.92 Å². The van der Waals surface area contributed by atoms with E-state index in [9.17, 15) is 9.59 Å². The molecule has 6 nitrogen and oxygen atoms in total. The van der Waals surface area contributed by atoms with Gasteiger partial charge in [-0.2, -0.15) is 5.10 Å². The minimum Gasteiger partial charge on any atom is -0.489 e. The van der Waals surface area contributed by atoms with Crippen molar-refractivity contribution in [3.8, 4) is 5.75 Å². The molecule has 0 aliphatic carbocycles. The Morgan fingerprint density at radius 2 is 1.55 bits per heavy atom. The fourth-order valence-electron chi connectivity index (χ4n) is 2.83. The second-order valence-corrected chi connectivity index (χ2v) is 7.05. The summed E-state index contributed by atoms with van der Waals surface area (Å²) in [6, 6.07) is 24.9. The standard InChI is InChI=1S/C25H25N3O3/c1-18-8-6-7-11-22(18)17-31-23-14-12-21(13-15-23)19(2)27-28-25(30)24(29)26-16-20-9-4-3-5-10-20/h3-15H,16-17H2,1-2H3,(H,26,29)(H,28,30). The first-order valence-corrected chi connectivity index (χ1v) is 9.97. The average Bonchev–Trinajstić information content (AvgIpc) is 2.81. The van der Waals surface area contributed by atoms with Gasteiger partial charge in [-0.05, 0) is 60.4 Å². The molecule has 0 heterocycles. The molecule has 6 heteroatoms. The van der Waals surface area contributed by atoms with Gasteiger partial charge < -0.3 is 10.1 Å². The van der Waals surface area contributed by atoms with Crippen LogP contribution in [0.4, 0.5) is 0 Å². The van der Waals surface area contributed by atoms with E-state index in [0.717, 1.165) is 22.4 Å². The Morgan fingerprint density at radius 3 is 2.26 bits per heavy atom. The molecule has 3 aromatic rings. The molecule has 3 rings (SSSR count). The van der Waals surface area contributed by atoms with Crippen molar-refractivity contribution in [3.05, 3.63) is 101 Å². The van der Waals surface area contributed by atoms with Crippen LogP contribution in [0.15, 0.2) is 84.0 Å². The van der Waals surface area contributed by atoms with Gasteiger partial charge in [0.1, 0.15) is 12.4 Å². The predicted octanol–water partition coefficient (Wildman–Crippen LogP) is 3.73. The fraction of sp³-hybridized carbons (Fsp3) is 0.160. The number of carbonyl (C=O) groups excluding carboxylic acids is 2. The fourth-order valence-corrected chi connectivity index (χ4v) is 2.83. The summed E-state index contributed by atoms with van der Waals surface area (Å²) in [5.41, 5.74) is 6.91. The van der Waals surface area contributed by atoms with Crippen molar-refractivity contribution < 1.29 is 14.3 Å². The molecule has 31 heavy (non-hydrogen) atoms. The first-order valence-electron chi connectivity index (χ1n) is 9.97. The molecule has 0 aromatic heterocycles. The highest BCUT2D eigenvalue weighted by Crippen LogP contribution is 2.16. The lowest BCUT2D eigenvalue weighted by Gasteiger charge is -2.09. The van der Waals surface area contributed by atoms with E-state index in [0.29, 0.717) is 12.3 Å². The molecule has 0 aliphatic heterocycles. The van der Waals surface area contributed by atoms with Crippen molar-refractivity contribution in [3.63, 3.8) is 0 Å². The molecule has 0 aliphatic rings. The maximum Gasteiger partial charge on any atom is 0.329 e. The van der Waals surface area contributed by atoms with Crippen LogP contribution in [0.2, 0.25) is 0 Å². The molecular weight excluding hydrogens is 390 g/mol. The zero-order valence-electron chi connectivity index (χ0n) is 17.6. The summed E-state index contributed by atoms with van der Waals surface area (Å²) in [6.07, 6.45) is 0. The average molecular weight is 415 g/mol. The van der Waals surface area contributed by atoms with Crippen LogP contribution in [-0.4, -0.2) is 17.5 Å². The van der Waals surface area contributed by atoms with Crippen molar-refractivity contribution in [1.29, 1.82) is 0 Å². The van der Waals surface area contributed by atoms with Gasteiger partial charge in [0.25, 0.3) is 0 Å². The number of rotatable bonds is 7. The number of hydrazone groups is 1. The van der Waals surface area contributed by atoms with E-state index in [1.54, 1.807) is 6.92 Å². The van der Waals surface area contributed by atoms with E-state index < -0.39 is 11.8 Å². The number of nitrogens with zero attached hydrogens (tertiary/aromatic N) is 1. The van der Waals surface area contributed by atoms with Crippen molar-refractivity contribution >= 4 is 17.5 Å². The molecule has 0 fully saturated rings. The van der Waals surface area contributed by atoms with Gasteiger partial charge in [-0.25, -0.2) is 5.43 Å². The number of aryl methyl sites for hydroxylation is 1. The molecule has 0 atom stereocenters. The molecule has 0 unspecified atom stereocenters. The smallest absolute Gasteiger partial charge is 0.329 e. The minimum atomic E-state index is -0.812. The van der Waals surface area contributed by atoms with Crippen LogP contribution in [0.1, 0.15) is 29.2 Å². The Kier molecular flexibility index (Phi) is 7.54. The van der Waals surface area contributed by atoms with Gasteiger partial charge in [-0.3, -0.25) is 9.59 Å². The van der Waals surface area contributed by atoms with Crippen molar-refractivity contribution in [1.82, 2.24) is 10.7 Å². The number of hydrogen-bond donors (Lipinski definition) is 2. The summed E-state index contributed by atoms with van der Waals surface area (Å²) < 4.78 is 5.84. The lowest BCUT2D eigenvalue weighted by atomic mass is 10.1. The Bertz CT molecular complexity index is 1060. The van der Waals surface area contributed by atoms with E-state index in [-0.39, 0.29) is 6.54 Å². The number of hydrogen-bond acceptors (Lipinski definition) is 4. The summed E-state index contributed by atoms with van der Waals surface area (Å²) in [6.45, 7) is 4.58. The Hall–Kier alpha value is -3.93. The van der Waals surface area contributed by atoms with Gasteiger partial charge in [0.2, 0.25) is 0 Å². The van der Waals surface area contributed by atoms with Crippen LogP contribution >= 0.6 is 0 Å². The van der Waals surface area contributed by atoms with Gasteiger partial charge in [0, 0.05) is 6.54 Å². The third kappa shape index (κ3) is 6.54. The highest BCUT2D eigenvalue weighted by Gasteiger charge is 2.12. The number of ether oxygens (including phenoxy) is 1. The third-order valence-corrected chi connectivity index (χ3v) is 4.75. The molecule has 3 aromatic carbocycles. The molecule has 0 saturated carbocycles. The number of amides is 2. The topological polar surface area (TPSA) is 79.8 Å². The first-order chi connectivity index (χ1) is 15.0.